The molecule has 0 saturated carbocycles. The molecule has 3 aromatic rings. The van der Waals surface area contributed by atoms with Gasteiger partial charge >= 0.3 is 5.97 Å². The average Bonchev–Trinajstić information content (AvgIpc) is 2.75. The van der Waals surface area contributed by atoms with Gasteiger partial charge in [0.05, 0.1) is 6.54 Å². The van der Waals surface area contributed by atoms with Gasteiger partial charge < -0.3 is 19.5 Å². The standard InChI is InChI=1S/C23H19ClFNO5/c24-18-9-6-10-19(25)17(18)13-26(14-23(28)29)22(27)15-30-20-11-4-5-12-21(20)31-16-7-2-1-3-8-16/h1-12H,13-15H2,(H,28,29). The zero-order valence-corrected chi connectivity index (χ0v) is 17.1. The van der Waals surface area contributed by atoms with Crippen molar-refractivity contribution in [2.24, 2.45) is 0 Å². The average molecular weight is 444 g/mol. The number of nitrogens with zero attached hydrogens (tertiary/aromatic N) is 1. The first-order valence-corrected chi connectivity index (χ1v) is 9.69. The largest absolute Gasteiger partial charge is 0.480 e. The fourth-order valence-electron chi connectivity index (χ4n) is 2.77. The van der Waals surface area contributed by atoms with E-state index in [4.69, 9.17) is 26.2 Å². The molecule has 0 bridgehead atoms. The molecule has 6 nitrogen and oxygen atoms in total. The second-order valence-corrected chi connectivity index (χ2v) is 6.90. The Morgan fingerprint density at radius 3 is 2.29 bits per heavy atom. The fourth-order valence-corrected chi connectivity index (χ4v) is 2.99. The van der Waals surface area contributed by atoms with Gasteiger partial charge in [-0.15, -0.1) is 0 Å². The summed E-state index contributed by atoms with van der Waals surface area (Å²) in [5, 5.41) is 9.26. The summed E-state index contributed by atoms with van der Waals surface area (Å²) in [5.41, 5.74) is 0.0339. The Labute approximate surface area is 183 Å². The first-order chi connectivity index (χ1) is 14.9. The highest BCUT2D eigenvalue weighted by molar-refractivity contribution is 6.31. The van der Waals surface area contributed by atoms with Crippen molar-refractivity contribution in [3.8, 4) is 17.2 Å². The van der Waals surface area contributed by atoms with Crippen LogP contribution in [0.15, 0.2) is 72.8 Å². The Morgan fingerprint density at radius 2 is 1.61 bits per heavy atom. The molecule has 8 heteroatoms. The van der Waals surface area contributed by atoms with Crippen molar-refractivity contribution < 1.29 is 28.6 Å². The van der Waals surface area contributed by atoms with Crippen LogP contribution in [0.25, 0.3) is 0 Å². The van der Waals surface area contributed by atoms with Crippen molar-refractivity contribution in [1.29, 1.82) is 0 Å². The second kappa shape index (κ2) is 10.4. The number of carboxylic acids is 1. The SMILES string of the molecule is O=C(O)CN(Cc1c(F)cccc1Cl)C(=O)COc1ccccc1Oc1ccccc1. The fraction of sp³-hybridized carbons (Fsp3) is 0.130. The van der Waals surface area contributed by atoms with Crippen molar-refractivity contribution in [1.82, 2.24) is 4.90 Å². The summed E-state index contributed by atoms with van der Waals surface area (Å²) in [5.74, 6) is -1.23. The lowest BCUT2D eigenvalue weighted by atomic mass is 10.2. The van der Waals surface area contributed by atoms with Crippen LogP contribution in [-0.4, -0.2) is 35.0 Å². The first-order valence-electron chi connectivity index (χ1n) is 9.31. The molecule has 0 unspecified atom stereocenters. The van der Waals surface area contributed by atoms with E-state index in [2.05, 4.69) is 0 Å². The quantitative estimate of drug-likeness (QED) is 0.516. The van der Waals surface area contributed by atoms with Crippen LogP contribution in [0.4, 0.5) is 4.39 Å². The number of hydrogen-bond donors (Lipinski definition) is 1. The summed E-state index contributed by atoms with van der Waals surface area (Å²) in [7, 11) is 0. The van der Waals surface area contributed by atoms with E-state index in [1.807, 2.05) is 18.2 Å². The topological polar surface area (TPSA) is 76.1 Å². The van der Waals surface area contributed by atoms with Gasteiger partial charge in [0, 0.05) is 10.6 Å². The molecule has 1 N–H and O–H groups in total. The van der Waals surface area contributed by atoms with E-state index in [1.54, 1.807) is 36.4 Å². The first kappa shape index (κ1) is 22.1. The van der Waals surface area contributed by atoms with Crippen molar-refractivity contribution in [3.63, 3.8) is 0 Å². The number of rotatable bonds is 9. The molecule has 0 saturated heterocycles. The normalized spacial score (nSPS) is 10.4. The third-order valence-electron chi connectivity index (χ3n) is 4.26. The molecule has 0 radical (unpaired) electrons. The summed E-state index contributed by atoms with van der Waals surface area (Å²) in [4.78, 5) is 24.9. The van der Waals surface area contributed by atoms with Gasteiger partial charge in [-0.25, -0.2) is 4.39 Å². The van der Waals surface area contributed by atoms with E-state index in [1.165, 1.54) is 18.2 Å². The van der Waals surface area contributed by atoms with E-state index in [0.717, 1.165) is 4.90 Å². The van der Waals surface area contributed by atoms with E-state index in [0.29, 0.717) is 17.2 Å². The van der Waals surface area contributed by atoms with Gasteiger partial charge in [0.25, 0.3) is 5.91 Å². The van der Waals surface area contributed by atoms with Crippen molar-refractivity contribution in [3.05, 3.63) is 89.2 Å². The number of carboxylic acid groups (broad SMARTS) is 1. The van der Waals surface area contributed by atoms with E-state index in [-0.39, 0.29) is 17.1 Å². The number of para-hydroxylation sites is 3. The number of amides is 1. The molecular weight excluding hydrogens is 425 g/mol. The van der Waals surface area contributed by atoms with Crippen LogP contribution in [0.1, 0.15) is 5.56 Å². The van der Waals surface area contributed by atoms with Gasteiger partial charge in [0.15, 0.2) is 18.1 Å². The zero-order chi connectivity index (χ0) is 22.2. The number of aliphatic carboxylic acids is 1. The Morgan fingerprint density at radius 1 is 0.935 bits per heavy atom. The summed E-state index contributed by atoms with van der Waals surface area (Å²) in [6.07, 6.45) is 0. The molecule has 0 fully saturated rings. The Balaban J connectivity index is 1.72. The predicted molar refractivity (Wildman–Crippen MR) is 113 cm³/mol. The summed E-state index contributed by atoms with van der Waals surface area (Å²) in [6.45, 7) is -1.40. The van der Waals surface area contributed by atoms with Crippen LogP contribution in [-0.2, 0) is 16.1 Å². The molecule has 0 heterocycles. The maximum absolute atomic E-state index is 14.1. The van der Waals surface area contributed by atoms with Gasteiger partial charge in [-0.05, 0) is 36.4 Å². The van der Waals surface area contributed by atoms with Gasteiger partial charge in [-0.2, -0.15) is 0 Å². The number of carbonyl (C=O) groups is 2. The third kappa shape index (κ3) is 6.20. The van der Waals surface area contributed by atoms with Gasteiger partial charge in [-0.1, -0.05) is 48.0 Å². The smallest absolute Gasteiger partial charge is 0.323 e. The number of hydrogen-bond acceptors (Lipinski definition) is 4. The Hall–Kier alpha value is -3.58. The summed E-state index contributed by atoms with van der Waals surface area (Å²) < 4.78 is 25.5. The van der Waals surface area contributed by atoms with Crippen LogP contribution in [0.5, 0.6) is 17.2 Å². The van der Waals surface area contributed by atoms with Crippen LogP contribution < -0.4 is 9.47 Å². The lowest BCUT2D eigenvalue weighted by Gasteiger charge is -2.22. The van der Waals surface area contributed by atoms with Crippen molar-refractivity contribution in [2.45, 2.75) is 6.54 Å². The maximum Gasteiger partial charge on any atom is 0.323 e. The lowest BCUT2D eigenvalue weighted by Crippen LogP contribution is -2.38. The highest BCUT2D eigenvalue weighted by Gasteiger charge is 2.21. The molecule has 0 aliphatic carbocycles. The van der Waals surface area contributed by atoms with Crippen molar-refractivity contribution >= 4 is 23.5 Å². The molecule has 3 aromatic carbocycles. The molecule has 3 rings (SSSR count). The highest BCUT2D eigenvalue weighted by atomic mass is 35.5. The maximum atomic E-state index is 14.1. The molecule has 0 aliphatic rings. The van der Waals surface area contributed by atoms with E-state index in [9.17, 15) is 14.0 Å². The Kier molecular flexibility index (Phi) is 7.45. The molecule has 0 aromatic heterocycles. The summed E-state index contributed by atoms with van der Waals surface area (Å²) in [6, 6.07) is 19.9. The van der Waals surface area contributed by atoms with E-state index < -0.39 is 30.8 Å². The molecule has 160 valence electrons. The van der Waals surface area contributed by atoms with Gasteiger partial charge in [0.2, 0.25) is 0 Å². The highest BCUT2D eigenvalue weighted by Crippen LogP contribution is 2.31. The molecule has 0 spiro atoms. The third-order valence-corrected chi connectivity index (χ3v) is 4.61. The van der Waals surface area contributed by atoms with Crippen molar-refractivity contribution in [2.75, 3.05) is 13.2 Å². The van der Waals surface area contributed by atoms with Crippen LogP contribution >= 0.6 is 11.6 Å². The van der Waals surface area contributed by atoms with Crippen LogP contribution in [0.2, 0.25) is 5.02 Å². The number of ether oxygens (including phenoxy) is 2. The molecular formula is C23H19ClFNO5. The molecule has 0 aliphatic heterocycles. The van der Waals surface area contributed by atoms with Crippen LogP contribution in [0.3, 0.4) is 0 Å². The Bertz CT molecular complexity index is 1040. The zero-order valence-electron chi connectivity index (χ0n) is 16.3. The summed E-state index contributed by atoms with van der Waals surface area (Å²) >= 11 is 6.01. The number of carbonyl (C=O) groups excluding carboxylic acids is 1. The monoisotopic (exact) mass is 443 g/mol. The number of halogens is 2. The molecule has 1 amide bonds. The molecule has 31 heavy (non-hydrogen) atoms. The lowest BCUT2D eigenvalue weighted by molar-refractivity contribution is -0.145. The number of benzene rings is 3. The minimum atomic E-state index is -1.24. The van der Waals surface area contributed by atoms with Gasteiger partial charge in [0.1, 0.15) is 18.1 Å². The van der Waals surface area contributed by atoms with E-state index >= 15 is 0 Å². The predicted octanol–water partition coefficient (Wildman–Crippen LogP) is 4.76. The van der Waals surface area contributed by atoms with Crippen LogP contribution in [0, 0.1) is 5.82 Å². The second-order valence-electron chi connectivity index (χ2n) is 6.49. The van der Waals surface area contributed by atoms with Gasteiger partial charge in [-0.3, -0.25) is 9.59 Å². The molecule has 0 atom stereocenters. The minimum Gasteiger partial charge on any atom is -0.480 e. The minimum absolute atomic E-state index is 0.0339.